The zero-order valence-corrected chi connectivity index (χ0v) is 10.4. The van der Waals surface area contributed by atoms with Gasteiger partial charge in [-0.1, -0.05) is 0 Å². The van der Waals surface area contributed by atoms with E-state index in [0.717, 1.165) is 0 Å². The van der Waals surface area contributed by atoms with Crippen LogP contribution >= 0.6 is 0 Å². The summed E-state index contributed by atoms with van der Waals surface area (Å²) < 4.78 is 54.9. The largest absolute Gasteiger partial charge is 0.374 e. The molecule has 10 heteroatoms. The van der Waals surface area contributed by atoms with Gasteiger partial charge in [0.15, 0.2) is 0 Å². The van der Waals surface area contributed by atoms with Crippen molar-refractivity contribution < 1.29 is 32.0 Å². The molecule has 1 amide bonds. The highest BCUT2D eigenvalue weighted by Gasteiger charge is 2.25. The lowest BCUT2D eigenvalue weighted by atomic mass is 10.1. The van der Waals surface area contributed by atoms with Crippen molar-refractivity contribution in [1.29, 1.82) is 0 Å². The predicted molar refractivity (Wildman–Crippen MR) is 62.2 cm³/mol. The van der Waals surface area contributed by atoms with Crippen molar-refractivity contribution in [3.05, 3.63) is 39.4 Å². The minimum atomic E-state index is -2.67. The van der Waals surface area contributed by atoms with Crippen LogP contribution in [0.2, 0.25) is 0 Å². The fourth-order valence-corrected chi connectivity index (χ4v) is 1.39. The van der Waals surface area contributed by atoms with Gasteiger partial charge in [0.1, 0.15) is 18.0 Å². The Bertz CT molecular complexity index is 539. The van der Waals surface area contributed by atoms with Crippen LogP contribution in [0.5, 0.6) is 0 Å². The summed E-state index contributed by atoms with van der Waals surface area (Å²) >= 11 is 0. The number of hydrogen-bond acceptors (Lipinski definition) is 4. The Morgan fingerprint density at radius 1 is 1.38 bits per heavy atom. The van der Waals surface area contributed by atoms with E-state index in [0.29, 0.717) is 12.1 Å². The van der Waals surface area contributed by atoms with E-state index in [1.807, 2.05) is 5.32 Å². The van der Waals surface area contributed by atoms with Gasteiger partial charge in [-0.15, -0.1) is 0 Å². The number of nitrogens with zero attached hydrogens (tertiary/aromatic N) is 1. The molecule has 0 aliphatic rings. The average Bonchev–Trinajstić information content (AvgIpc) is 2.37. The molecule has 0 saturated heterocycles. The van der Waals surface area contributed by atoms with E-state index in [-0.39, 0.29) is 13.2 Å². The second-order valence-electron chi connectivity index (χ2n) is 3.73. The summed E-state index contributed by atoms with van der Waals surface area (Å²) in [6, 6.07) is 1.18. The summed E-state index contributed by atoms with van der Waals surface area (Å²) in [6.07, 6.45) is -2.67. The van der Waals surface area contributed by atoms with Crippen LogP contribution in [-0.2, 0) is 4.74 Å². The second kappa shape index (κ2) is 7.53. The van der Waals surface area contributed by atoms with Crippen LogP contribution in [0.25, 0.3) is 0 Å². The first-order chi connectivity index (χ1) is 9.84. The maximum Gasteiger partial charge on any atom is 0.305 e. The number of amides is 1. The van der Waals surface area contributed by atoms with Crippen molar-refractivity contribution in [2.75, 3.05) is 19.8 Å². The SMILES string of the molecule is O=C(NCCOCC(F)F)c1c(F)ccc([N+](=O)[O-])c1F. The third kappa shape index (κ3) is 4.67. The zero-order valence-electron chi connectivity index (χ0n) is 10.4. The van der Waals surface area contributed by atoms with E-state index < -0.39 is 46.7 Å². The van der Waals surface area contributed by atoms with E-state index in [2.05, 4.69) is 4.74 Å². The van der Waals surface area contributed by atoms with Gasteiger partial charge in [-0.3, -0.25) is 14.9 Å². The first kappa shape index (κ1) is 16.8. The van der Waals surface area contributed by atoms with E-state index in [1.54, 1.807) is 0 Å². The van der Waals surface area contributed by atoms with E-state index in [9.17, 15) is 32.5 Å². The van der Waals surface area contributed by atoms with Crippen LogP contribution in [0.3, 0.4) is 0 Å². The van der Waals surface area contributed by atoms with Crippen LogP contribution in [0, 0.1) is 21.7 Å². The molecule has 116 valence electrons. The molecule has 1 N–H and O–H groups in total. The number of carbonyl (C=O) groups is 1. The molecule has 0 unspecified atom stereocenters. The van der Waals surface area contributed by atoms with E-state index >= 15 is 0 Å². The Morgan fingerprint density at radius 2 is 2.05 bits per heavy atom. The number of rotatable bonds is 7. The lowest BCUT2D eigenvalue weighted by molar-refractivity contribution is -0.387. The average molecular weight is 310 g/mol. The van der Waals surface area contributed by atoms with Gasteiger partial charge < -0.3 is 10.1 Å². The van der Waals surface area contributed by atoms with Crippen LogP contribution in [0.15, 0.2) is 12.1 Å². The number of ether oxygens (including phenoxy) is 1. The van der Waals surface area contributed by atoms with Gasteiger partial charge in [-0.05, 0) is 6.07 Å². The molecule has 0 aliphatic heterocycles. The molecule has 0 aliphatic carbocycles. The van der Waals surface area contributed by atoms with Crippen LogP contribution in [0.1, 0.15) is 10.4 Å². The second-order valence-corrected chi connectivity index (χ2v) is 3.73. The van der Waals surface area contributed by atoms with Crippen LogP contribution < -0.4 is 5.32 Å². The highest BCUT2D eigenvalue weighted by Crippen LogP contribution is 2.22. The number of benzene rings is 1. The predicted octanol–water partition coefficient (Wildman–Crippen LogP) is 1.88. The minimum Gasteiger partial charge on any atom is -0.374 e. The quantitative estimate of drug-likeness (QED) is 0.361. The van der Waals surface area contributed by atoms with Gasteiger partial charge in [-0.25, -0.2) is 13.2 Å². The van der Waals surface area contributed by atoms with Crippen molar-refractivity contribution >= 4 is 11.6 Å². The lowest BCUT2D eigenvalue weighted by Gasteiger charge is -2.08. The standard InChI is InChI=1S/C11H10F4N2O4/c12-6-1-2-7(17(19)20)10(15)9(6)11(18)16-3-4-21-5-8(13)14/h1-2,8H,3-5H2,(H,16,18). The summed E-state index contributed by atoms with van der Waals surface area (Å²) in [4.78, 5) is 20.9. The van der Waals surface area contributed by atoms with Gasteiger partial charge in [0.25, 0.3) is 12.3 Å². The molecule has 0 saturated carbocycles. The third-order valence-corrected chi connectivity index (χ3v) is 2.27. The Kier molecular flexibility index (Phi) is 6.03. The van der Waals surface area contributed by atoms with Gasteiger partial charge >= 0.3 is 5.69 Å². The number of hydrogen-bond donors (Lipinski definition) is 1. The molecule has 0 bridgehead atoms. The number of carbonyl (C=O) groups excluding carboxylic acids is 1. The Balaban J connectivity index is 2.70. The summed E-state index contributed by atoms with van der Waals surface area (Å²) in [6.45, 7) is -1.42. The fourth-order valence-electron chi connectivity index (χ4n) is 1.39. The topological polar surface area (TPSA) is 81.5 Å². The van der Waals surface area contributed by atoms with Crippen LogP contribution in [0.4, 0.5) is 23.2 Å². The molecule has 1 aromatic carbocycles. The molecular weight excluding hydrogens is 300 g/mol. The van der Waals surface area contributed by atoms with Gasteiger partial charge in [-0.2, -0.15) is 4.39 Å². The molecule has 0 heterocycles. The molecule has 0 fully saturated rings. The molecular formula is C11H10F4N2O4. The number of halogens is 4. The summed E-state index contributed by atoms with van der Waals surface area (Å²) in [5.41, 5.74) is -2.16. The highest BCUT2D eigenvalue weighted by molar-refractivity contribution is 5.95. The first-order valence-electron chi connectivity index (χ1n) is 5.61. The fraction of sp³-hybridized carbons (Fsp3) is 0.364. The van der Waals surface area contributed by atoms with Crippen molar-refractivity contribution in [2.45, 2.75) is 6.43 Å². The van der Waals surface area contributed by atoms with Gasteiger partial charge in [0, 0.05) is 12.6 Å². The van der Waals surface area contributed by atoms with Crippen molar-refractivity contribution in [2.24, 2.45) is 0 Å². The minimum absolute atomic E-state index is 0.285. The lowest BCUT2D eigenvalue weighted by Crippen LogP contribution is -2.29. The number of alkyl halides is 2. The van der Waals surface area contributed by atoms with Crippen LogP contribution in [-0.4, -0.2) is 37.0 Å². The smallest absolute Gasteiger partial charge is 0.305 e. The number of nitrogens with one attached hydrogen (secondary N) is 1. The van der Waals surface area contributed by atoms with Gasteiger partial charge in [0.05, 0.1) is 11.5 Å². The Hall–Kier alpha value is -2.23. The molecule has 6 nitrogen and oxygen atoms in total. The molecule has 21 heavy (non-hydrogen) atoms. The first-order valence-corrected chi connectivity index (χ1v) is 5.61. The maximum atomic E-state index is 13.6. The summed E-state index contributed by atoms with van der Waals surface area (Å²) in [7, 11) is 0. The Morgan fingerprint density at radius 3 is 2.62 bits per heavy atom. The van der Waals surface area contributed by atoms with E-state index in [4.69, 9.17) is 0 Å². The van der Waals surface area contributed by atoms with Crippen molar-refractivity contribution in [3.8, 4) is 0 Å². The Labute approximate surface area is 115 Å². The molecule has 0 atom stereocenters. The highest BCUT2D eigenvalue weighted by atomic mass is 19.3. The van der Waals surface area contributed by atoms with Gasteiger partial charge in [0.2, 0.25) is 5.82 Å². The normalized spacial score (nSPS) is 10.7. The monoisotopic (exact) mass is 310 g/mol. The molecule has 0 aromatic heterocycles. The number of nitro groups is 1. The molecule has 0 spiro atoms. The third-order valence-electron chi connectivity index (χ3n) is 2.27. The van der Waals surface area contributed by atoms with E-state index in [1.165, 1.54) is 0 Å². The summed E-state index contributed by atoms with van der Waals surface area (Å²) in [5.74, 6) is -4.12. The van der Waals surface area contributed by atoms with Crippen molar-refractivity contribution in [1.82, 2.24) is 5.32 Å². The molecule has 1 aromatic rings. The zero-order chi connectivity index (χ0) is 16.0. The number of nitro benzene ring substituents is 1. The molecule has 0 radical (unpaired) electrons. The summed E-state index contributed by atoms with van der Waals surface area (Å²) in [5, 5.41) is 12.5. The van der Waals surface area contributed by atoms with Crippen molar-refractivity contribution in [3.63, 3.8) is 0 Å². The maximum absolute atomic E-state index is 13.6. The molecule has 1 rings (SSSR count).